The van der Waals surface area contributed by atoms with E-state index in [4.69, 9.17) is 14.5 Å². The molecule has 1 fully saturated rings. The summed E-state index contributed by atoms with van der Waals surface area (Å²) < 4.78 is 11.5. The van der Waals surface area contributed by atoms with E-state index >= 15 is 0 Å². The lowest BCUT2D eigenvalue weighted by Crippen LogP contribution is -2.44. The second-order valence-electron chi connectivity index (χ2n) is 13.6. The van der Waals surface area contributed by atoms with Crippen molar-refractivity contribution in [3.8, 4) is 6.07 Å². The highest BCUT2D eigenvalue weighted by Gasteiger charge is 2.35. The average Bonchev–Trinajstić information content (AvgIpc) is 3.33. The molecule has 2 aliphatic heterocycles. The van der Waals surface area contributed by atoms with Gasteiger partial charge in [0, 0.05) is 44.6 Å². The molecule has 0 bridgehead atoms. The molecule has 0 aromatic heterocycles. The summed E-state index contributed by atoms with van der Waals surface area (Å²) in [7, 11) is 1.82. The number of aliphatic imine (C=N–C) groups is 1. The van der Waals surface area contributed by atoms with Crippen LogP contribution in [0.15, 0.2) is 70.4 Å². The second-order valence-corrected chi connectivity index (χ2v) is 13.6. The molecule has 1 atom stereocenters. The normalized spacial score (nSPS) is 18.6. The van der Waals surface area contributed by atoms with E-state index < -0.39 is 5.60 Å². The van der Waals surface area contributed by atoms with Gasteiger partial charge in [-0.1, -0.05) is 44.2 Å². The lowest BCUT2D eigenvalue weighted by molar-refractivity contribution is 0.0150. The first kappa shape index (κ1) is 34.9. The molecule has 2 aliphatic rings. The van der Waals surface area contributed by atoms with Crippen molar-refractivity contribution < 1.29 is 14.3 Å². The minimum Gasteiger partial charge on any atom is -0.444 e. The maximum absolute atomic E-state index is 13.2. The summed E-state index contributed by atoms with van der Waals surface area (Å²) in [5.41, 5.74) is 7.45. The van der Waals surface area contributed by atoms with Crippen molar-refractivity contribution in [3.05, 3.63) is 76.5 Å². The second kappa shape index (κ2) is 14.9. The number of hydrogen-bond donors (Lipinski definition) is 0. The molecule has 1 saturated heterocycles. The number of benzene rings is 1. The number of rotatable bonds is 10. The summed E-state index contributed by atoms with van der Waals surface area (Å²) in [6.07, 6.45) is 5.02. The molecule has 7 heteroatoms. The van der Waals surface area contributed by atoms with Crippen LogP contribution < -0.4 is 4.90 Å². The molecule has 1 aromatic carbocycles. The Morgan fingerprint density at radius 3 is 2.43 bits per heavy atom. The molecule has 0 radical (unpaired) electrons. The highest BCUT2D eigenvalue weighted by Crippen LogP contribution is 2.42. The maximum atomic E-state index is 13.2. The number of carbonyl (C=O) groups is 1. The van der Waals surface area contributed by atoms with Crippen molar-refractivity contribution in [2.24, 2.45) is 16.8 Å². The first-order chi connectivity index (χ1) is 20.7. The molecule has 238 valence electrons. The Hall–Kier alpha value is -3.63. The number of ether oxygens (including phenoxy) is 2. The number of aryl methyl sites for hydroxylation is 1. The summed E-state index contributed by atoms with van der Waals surface area (Å²) in [4.78, 5) is 22.0. The van der Waals surface area contributed by atoms with E-state index in [9.17, 15) is 10.1 Å². The van der Waals surface area contributed by atoms with E-state index in [1.165, 1.54) is 5.57 Å². The molecular formula is C37H52N4O3. The highest BCUT2D eigenvalue weighted by atomic mass is 16.6. The zero-order valence-corrected chi connectivity index (χ0v) is 28.4. The van der Waals surface area contributed by atoms with Gasteiger partial charge in [-0.25, -0.2) is 4.79 Å². The van der Waals surface area contributed by atoms with Crippen LogP contribution in [0.1, 0.15) is 85.3 Å². The predicted molar refractivity (Wildman–Crippen MR) is 181 cm³/mol. The van der Waals surface area contributed by atoms with Crippen molar-refractivity contribution in [1.82, 2.24) is 4.90 Å². The quantitative estimate of drug-likeness (QED) is 0.252. The summed E-state index contributed by atoms with van der Waals surface area (Å²) >= 11 is 0. The number of amides is 1. The Kier molecular flexibility index (Phi) is 11.8. The molecule has 1 aromatic rings. The third-order valence-corrected chi connectivity index (χ3v) is 8.03. The van der Waals surface area contributed by atoms with Gasteiger partial charge in [0.1, 0.15) is 11.4 Å². The van der Waals surface area contributed by atoms with E-state index in [1.807, 2.05) is 57.8 Å². The molecule has 0 saturated carbocycles. The molecule has 2 heterocycles. The van der Waals surface area contributed by atoms with Crippen LogP contribution in [0.25, 0.3) is 0 Å². The van der Waals surface area contributed by atoms with Crippen LogP contribution in [0, 0.1) is 30.1 Å². The van der Waals surface area contributed by atoms with E-state index in [1.54, 1.807) is 0 Å². The van der Waals surface area contributed by atoms with Crippen molar-refractivity contribution in [2.75, 3.05) is 31.7 Å². The average molecular weight is 601 g/mol. The minimum atomic E-state index is -0.567. The summed E-state index contributed by atoms with van der Waals surface area (Å²) in [5.74, 6) is 1.46. The van der Waals surface area contributed by atoms with Gasteiger partial charge in [0.25, 0.3) is 0 Å². The Morgan fingerprint density at radius 1 is 1.23 bits per heavy atom. The fraction of sp³-hybridized carbons (Fsp3) is 0.541. The Bertz CT molecular complexity index is 1380. The number of carbonyl (C=O) groups excluding carboxylic acids is 1. The van der Waals surface area contributed by atoms with Gasteiger partial charge >= 0.3 is 6.09 Å². The number of allylic oxidation sites excluding steroid dienone is 2. The first-order valence-corrected chi connectivity index (χ1v) is 15.8. The smallest absolute Gasteiger partial charge is 0.410 e. The molecule has 3 rings (SSSR count). The van der Waals surface area contributed by atoms with Crippen molar-refractivity contribution in [3.63, 3.8) is 0 Å². The van der Waals surface area contributed by atoms with Crippen molar-refractivity contribution in [1.29, 1.82) is 5.26 Å². The van der Waals surface area contributed by atoms with E-state index in [0.717, 1.165) is 65.4 Å². The Labute approximate surface area is 265 Å². The van der Waals surface area contributed by atoms with Crippen LogP contribution in [0.4, 0.5) is 10.5 Å². The Balaban J connectivity index is 2.03. The Morgan fingerprint density at radius 2 is 1.89 bits per heavy atom. The van der Waals surface area contributed by atoms with Gasteiger partial charge in [-0.3, -0.25) is 4.99 Å². The van der Waals surface area contributed by atoms with Crippen molar-refractivity contribution in [2.45, 2.75) is 92.7 Å². The minimum absolute atomic E-state index is 0.0858. The zero-order chi connectivity index (χ0) is 32.8. The predicted octanol–water partition coefficient (Wildman–Crippen LogP) is 8.52. The number of nitriles is 1. The van der Waals surface area contributed by atoms with E-state index in [-0.39, 0.29) is 12.1 Å². The lowest BCUT2D eigenvalue weighted by Gasteiger charge is -2.33. The van der Waals surface area contributed by atoms with E-state index in [2.05, 4.69) is 58.0 Å². The van der Waals surface area contributed by atoms with Crippen LogP contribution in [0.2, 0.25) is 0 Å². The van der Waals surface area contributed by atoms with Crippen molar-refractivity contribution >= 4 is 17.6 Å². The molecule has 0 unspecified atom stereocenters. The number of anilines is 1. The van der Waals surface area contributed by atoms with Crippen LogP contribution in [0.5, 0.6) is 0 Å². The number of hydrogen-bond acceptors (Lipinski definition) is 5. The standard InChI is InChI=1S/C37H52N4O3/c1-24(2)22-40(36(42)44-37(8,9)10)28(7)18-26(5)19-31(25(3)4)34-32(30-14-16-43-17-15-30)23-41(35(34)39-11)33-20-29(21-38)13-12-27(33)6/h12-13,20,23-24,28,30H,3,5,14-19,22H2,1-2,4,6-11H3/b34-31-,39-35?/t28-/m1/s1. The number of nitrogens with zero attached hydrogens (tertiary/aromatic N) is 4. The lowest BCUT2D eigenvalue weighted by atomic mass is 9.83. The number of amidine groups is 1. The monoisotopic (exact) mass is 600 g/mol. The molecule has 0 aliphatic carbocycles. The van der Waals surface area contributed by atoms with Gasteiger partial charge in [0.15, 0.2) is 0 Å². The summed E-state index contributed by atoms with van der Waals surface area (Å²) in [5, 5.41) is 9.64. The molecule has 44 heavy (non-hydrogen) atoms. The van der Waals surface area contributed by atoms with Gasteiger partial charge in [0.05, 0.1) is 17.3 Å². The fourth-order valence-corrected chi connectivity index (χ4v) is 5.93. The topological polar surface area (TPSA) is 78.2 Å². The van der Waals surface area contributed by atoms with E-state index in [0.29, 0.717) is 36.8 Å². The van der Waals surface area contributed by atoms with Crippen LogP contribution >= 0.6 is 0 Å². The van der Waals surface area contributed by atoms with Gasteiger partial charge in [-0.15, -0.1) is 0 Å². The molecule has 1 amide bonds. The molecular weight excluding hydrogens is 548 g/mol. The third-order valence-electron chi connectivity index (χ3n) is 8.03. The summed E-state index contributed by atoms with van der Waals surface area (Å²) in [6, 6.07) is 7.97. The van der Waals surface area contributed by atoms with Crippen LogP contribution in [-0.4, -0.2) is 55.3 Å². The van der Waals surface area contributed by atoms with Gasteiger partial charge in [-0.2, -0.15) is 5.26 Å². The highest BCUT2D eigenvalue weighted by molar-refractivity contribution is 6.18. The summed E-state index contributed by atoms with van der Waals surface area (Å²) in [6.45, 7) is 27.0. The fourth-order valence-electron chi connectivity index (χ4n) is 5.93. The molecule has 0 spiro atoms. The first-order valence-electron chi connectivity index (χ1n) is 15.8. The zero-order valence-electron chi connectivity index (χ0n) is 28.4. The largest absolute Gasteiger partial charge is 0.444 e. The van der Waals surface area contributed by atoms with Gasteiger partial charge < -0.3 is 19.3 Å². The molecule has 0 N–H and O–H groups in total. The van der Waals surface area contributed by atoms with Gasteiger partial charge in [-0.05, 0) is 108 Å². The van der Waals surface area contributed by atoms with Crippen LogP contribution in [-0.2, 0) is 9.47 Å². The SMILES string of the molecule is C=C(C/C(C(=C)C)=C1\C(C2CCOCC2)=CN(c2cc(C#N)ccc2C)C1=NC)C[C@@H](C)N(CC(C)C)C(=O)OC(C)(C)C. The van der Waals surface area contributed by atoms with Crippen LogP contribution in [0.3, 0.4) is 0 Å². The third kappa shape index (κ3) is 8.72. The van der Waals surface area contributed by atoms with Gasteiger partial charge in [0.2, 0.25) is 0 Å². The molecule has 7 nitrogen and oxygen atoms in total. The maximum Gasteiger partial charge on any atom is 0.410 e.